The van der Waals surface area contributed by atoms with Crippen LogP contribution in [-0.2, 0) is 0 Å². The van der Waals surface area contributed by atoms with Crippen molar-refractivity contribution in [3.8, 4) is 39.1 Å². The molecule has 0 radical (unpaired) electrons. The average molecular weight is 526 g/mol. The monoisotopic (exact) mass is 525 g/mol. The Balaban J connectivity index is 1.19. The maximum absolute atomic E-state index is 4.89. The van der Waals surface area contributed by atoms with Gasteiger partial charge in [-0.3, -0.25) is 4.57 Å². The van der Waals surface area contributed by atoms with Crippen molar-refractivity contribution in [3.05, 3.63) is 151 Å². The van der Waals surface area contributed by atoms with Gasteiger partial charge in [-0.2, -0.15) is 0 Å². The molecule has 0 amide bonds. The number of rotatable bonds is 4. The van der Waals surface area contributed by atoms with E-state index in [9.17, 15) is 0 Å². The smallest absolute Gasteiger partial charge is 0.111 e. The summed E-state index contributed by atoms with van der Waals surface area (Å²) in [4.78, 5) is 7.26. The first-order valence-corrected chi connectivity index (χ1v) is 14.0. The number of benzene rings is 6. The van der Waals surface area contributed by atoms with E-state index in [1.54, 1.807) is 0 Å². The summed E-state index contributed by atoms with van der Waals surface area (Å²) in [7, 11) is 0. The third-order valence-corrected chi connectivity index (χ3v) is 8.08. The molecule has 3 heteroatoms. The number of imidazole rings is 1. The summed E-state index contributed by atoms with van der Waals surface area (Å²) in [6.07, 6.45) is 0. The molecule has 1 aromatic heterocycles. The highest BCUT2D eigenvalue weighted by atomic mass is 15.2. The van der Waals surface area contributed by atoms with Gasteiger partial charge in [-0.15, -0.1) is 0 Å². The minimum absolute atomic E-state index is 0.997. The molecular formula is C38H27N3. The molecule has 0 atom stereocenters. The lowest BCUT2D eigenvalue weighted by molar-refractivity contribution is 0.982. The Labute approximate surface area is 239 Å². The molecule has 2 heterocycles. The Bertz CT molecular complexity index is 2020. The first-order valence-electron chi connectivity index (χ1n) is 14.0. The summed E-state index contributed by atoms with van der Waals surface area (Å²) in [5.74, 6) is 0.997. The molecule has 0 aliphatic carbocycles. The molecule has 1 aliphatic rings. The SMILES string of the molecule is Cc1nc2cccc3c2n1-c1ccc(-c2ccc(-c4ccc(-c5ccccc5)cc4)cc2)cc1N3c1ccccc1. The molecule has 0 bridgehead atoms. The standard InChI is InChI=1S/C38H27N3/c1-26-39-34-13-8-14-36-38(34)40(26)35-24-23-32(25-37(35)41(36)33-11-6-3-7-12-33)31-21-19-30(20-22-31)29-17-15-28(16-18-29)27-9-4-2-5-10-27/h2-25H,1H3. The normalized spacial score (nSPS) is 12.0. The van der Waals surface area contributed by atoms with Gasteiger partial charge in [0.15, 0.2) is 0 Å². The van der Waals surface area contributed by atoms with E-state index in [1.807, 2.05) is 0 Å². The summed E-state index contributed by atoms with van der Waals surface area (Å²) in [6.45, 7) is 2.09. The summed E-state index contributed by atoms with van der Waals surface area (Å²) in [5.41, 5.74) is 14.0. The van der Waals surface area contributed by atoms with Gasteiger partial charge in [-0.1, -0.05) is 109 Å². The minimum atomic E-state index is 0.997. The van der Waals surface area contributed by atoms with Crippen LogP contribution in [0, 0.1) is 6.92 Å². The maximum Gasteiger partial charge on any atom is 0.111 e. The van der Waals surface area contributed by atoms with Crippen LogP contribution >= 0.6 is 0 Å². The van der Waals surface area contributed by atoms with Gasteiger partial charge in [0, 0.05) is 5.69 Å². The second-order valence-electron chi connectivity index (χ2n) is 10.5. The van der Waals surface area contributed by atoms with Gasteiger partial charge in [0.25, 0.3) is 0 Å². The minimum Gasteiger partial charge on any atom is -0.306 e. The van der Waals surface area contributed by atoms with Crippen LogP contribution in [0.15, 0.2) is 146 Å². The van der Waals surface area contributed by atoms with Crippen LogP contribution in [0.2, 0.25) is 0 Å². The zero-order valence-corrected chi connectivity index (χ0v) is 22.7. The highest BCUT2D eigenvalue weighted by molar-refractivity contribution is 6.02. The van der Waals surface area contributed by atoms with Crippen molar-refractivity contribution in [1.82, 2.24) is 9.55 Å². The van der Waals surface area contributed by atoms with E-state index < -0.39 is 0 Å². The number of hydrogen-bond acceptors (Lipinski definition) is 2. The van der Waals surface area contributed by atoms with Gasteiger partial charge < -0.3 is 4.90 Å². The largest absolute Gasteiger partial charge is 0.306 e. The van der Waals surface area contributed by atoms with Crippen molar-refractivity contribution in [1.29, 1.82) is 0 Å². The molecule has 194 valence electrons. The fourth-order valence-corrected chi connectivity index (χ4v) is 6.10. The molecule has 1 aliphatic heterocycles. The fraction of sp³-hybridized carbons (Fsp3) is 0.0263. The maximum atomic E-state index is 4.89. The molecule has 6 aromatic carbocycles. The Morgan fingerprint density at radius 2 is 0.976 bits per heavy atom. The molecule has 41 heavy (non-hydrogen) atoms. The summed E-state index contributed by atoms with van der Waals surface area (Å²) >= 11 is 0. The topological polar surface area (TPSA) is 21.1 Å². The van der Waals surface area contributed by atoms with Crippen LogP contribution in [-0.4, -0.2) is 9.55 Å². The predicted octanol–water partition coefficient (Wildman–Crippen LogP) is 10.1. The number of aryl methyl sites for hydroxylation is 1. The summed E-state index contributed by atoms with van der Waals surface area (Å²) in [6, 6.07) is 52.0. The number of aromatic nitrogens is 2. The number of anilines is 3. The van der Waals surface area contributed by atoms with Crippen LogP contribution in [0.25, 0.3) is 50.1 Å². The summed E-state index contributed by atoms with van der Waals surface area (Å²) in [5, 5.41) is 0. The lowest BCUT2D eigenvalue weighted by Gasteiger charge is -2.33. The molecule has 0 saturated heterocycles. The van der Waals surface area contributed by atoms with Gasteiger partial charge in [0.05, 0.1) is 28.1 Å². The Kier molecular flexibility index (Phi) is 5.36. The van der Waals surface area contributed by atoms with Crippen molar-refractivity contribution >= 4 is 28.1 Å². The highest BCUT2D eigenvalue weighted by Gasteiger charge is 2.28. The van der Waals surface area contributed by atoms with Gasteiger partial charge in [-0.05, 0) is 76.7 Å². The van der Waals surface area contributed by atoms with E-state index in [0.29, 0.717) is 0 Å². The van der Waals surface area contributed by atoms with Gasteiger partial charge in [0.1, 0.15) is 5.82 Å². The molecule has 0 spiro atoms. The lowest BCUT2D eigenvalue weighted by Crippen LogP contribution is -2.18. The third-order valence-electron chi connectivity index (χ3n) is 8.08. The van der Waals surface area contributed by atoms with E-state index in [2.05, 4.69) is 162 Å². The third kappa shape index (κ3) is 3.86. The van der Waals surface area contributed by atoms with Crippen LogP contribution in [0.4, 0.5) is 17.1 Å². The first kappa shape index (κ1) is 23.5. The molecule has 0 unspecified atom stereocenters. The predicted molar refractivity (Wildman–Crippen MR) is 170 cm³/mol. The van der Waals surface area contributed by atoms with Crippen molar-refractivity contribution < 1.29 is 0 Å². The number of fused-ring (bicyclic) bond motifs is 2. The number of nitrogens with zero attached hydrogens (tertiary/aromatic N) is 3. The van der Waals surface area contributed by atoms with Crippen molar-refractivity contribution in [2.24, 2.45) is 0 Å². The number of para-hydroxylation sites is 2. The van der Waals surface area contributed by atoms with E-state index in [4.69, 9.17) is 4.98 Å². The van der Waals surface area contributed by atoms with Crippen molar-refractivity contribution in [3.63, 3.8) is 0 Å². The zero-order valence-electron chi connectivity index (χ0n) is 22.7. The quantitative estimate of drug-likeness (QED) is 0.228. The van der Waals surface area contributed by atoms with E-state index in [-0.39, 0.29) is 0 Å². The second kappa shape index (κ2) is 9.35. The Hall–Kier alpha value is -5.41. The van der Waals surface area contributed by atoms with E-state index in [0.717, 1.165) is 39.6 Å². The molecule has 0 saturated carbocycles. The van der Waals surface area contributed by atoms with Crippen molar-refractivity contribution in [2.45, 2.75) is 6.92 Å². The van der Waals surface area contributed by atoms with E-state index in [1.165, 1.54) is 33.4 Å². The fourth-order valence-electron chi connectivity index (χ4n) is 6.10. The lowest BCUT2D eigenvalue weighted by atomic mass is 9.97. The Morgan fingerprint density at radius 1 is 0.439 bits per heavy atom. The van der Waals surface area contributed by atoms with Gasteiger partial charge in [0.2, 0.25) is 0 Å². The second-order valence-corrected chi connectivity index (χ2v) is 10.5. The molecule has 0 fully saturated rings. The average Bonchev–Trinajstić information content (AvgIpc) is 3.39. The first-order chi connectivity index (χ1) is 20.2. The van der Waals surface area contributed by atoms with Gasteiger partial charge >= 0.3 is 0 Å². The molecule has 0 N–H and O–H groups in total. The van der Waals surface area contributed by atoms with Crippen LogP contribution in [0.1, 0.15) is 5.82 Å². The summed E-state index contributed by atoms with van der Waals surface area (Å²) < 4.78 is 2.30. The molecule has 7 aromatic rings. The molecule has 3 nitrogen and oxygen atoms in total. The zero-order chi connectivity index (χ0) is 27.3. The highest BCUT2D eigenvalue weighted by Crippen LogP contribution is 2.48. The Morgan fingerprint density at radius 3 is 1.61 bits per heavy atom. The molecule has 8 rings (SSSR count). The van der Waals surface area contributed by atoms with Crippen LogP contribution in [0.3, 0.4) is 0 Å². The van der Waals surface area contributed by atoms with Crippen LogP contribution < -0.4 is 4.90 Å². The number of hydrogen-bond donors (Lipinski definition) is 0. The van der Waals surface area contributed by atoms with E-state index >= 15 is 0 Å². The van der Waals surface area contributed by atoms with Gasteiger partial charge in [-0.25, -0.2) is 4.98 Å². The van der Waals surface area contributed by atoms with Crippen molar-refractivity contribution in [2.75, 3.05) is 4.90 Å². The van der Waals surface area contributed by atoms with Crippen LogP contribution in [0.5, 0.6) is 0 Å². The molecular weight excluding hydrogens is 498 g/mol.